The minimum Gasteiger partial charge on any atom is -0.466 e. The third-order valence-electron chi connectivity index (χ3n) is 4.04. The van der Waals surface area contributed by atoms with E-state index >= 15 is 0 Å². The first-order valence-corrected chi connectivity index (χ1v) is 11.7. The third kappa shape index (κ3) is 45.3. The van der Waals surface area contributed by atoms with E-state index in [0.29, 0.717) is 19.8 Å². The molecule has 2 aliphatic rings. The third-order valence-corrected chi connectivity index (χ3v) is 4.04. The van der Waals surface area contributed by atoms with Crippen LogP contribution in [0.1, 0.15) is 119 Å². The highest BCUT2D eigenvalue weighted by Gasteiger charge is 1.96. The Bertz CT molecular complexity index is 301. The van der Waals surface area contributed by atoms with Gasteiger partial charge >= 0.3 is 17.9 Å². The molecule has 0 aromatic rings. The number of rotatable bonds is 3. The van der Waals surface area contributed by atoms with Gasteiger partial charge in [-0.3, -0.25) is 14.4 Å². The van der Waals surface area contributed by atoms with Crippen molar-refractivity contribution in [2.45, 2.75) is 119 Å². The average Bonchev–Trinajstić information content (AvgIpc) is 2.72. The Kier molecular flexibility index (Phi) is 32.6. The van der Waals surface area contributed by atoms with Gasteiger partial charge in [0.1, 0.15) is 0 Å². The molecular formula is C24H48O6. The van der Waals surface area contributed by atoms with Gasteiger partial charge in [0, 0.05) is 20.8 Å². The minimum atomic E-state index is -0.211. The Morgan fingerprint density at radius 1 is 0.433 bits per heavy atom. The van der Waals surface area contributed by atoms with Crippen LogP contribution in [0.5, 0.6) is 0 Å². The Labute approximate surface area is 185 Å². The van der Waals surface area contributed by atoms with Gasteiger partial charge in [-0.15, -0.1) is 0 Å². The molecule has 0 saturated heterocycles. The lowest BCUT2D eigenvalue weighted by Gasteiger charge is -2.05. The highest BCUT2D eigenvalue weighted by atomic mass is 16.5. The zero-order valence-electron chi connectivity index (χ0n) is 20.6. The summed E-state index contributed by atoms with van der Waals surface area (Å²) in [7, 11) is 0. The van der Waals surface area contributed by atoms with Gasteiger partial charge in [-0.25, -0.2) is 0 Å². The Balaban J connectivity index is -0.000000304. The van der Waals surface area contributed by atoms with Crippen LogP contribution >= 0.6 is 0 Å². The van der Waals surface area contributed by atoms with Crippen LogP contribution in [0.15, 0.2) is 0 Å². The molecule has 0 atom stereocenters. The van der Waals surface area contributed by atoms with Crippen molar-refractivity contribution >= 4 is 17.9 Å². The standard InChI is InChI=1S/2C6H12.3C4H8O2/c2*1-2-4-6-5-3-1;3*1-3-6-4(2)5/h2*1-6H2;3*3H2,1-2H3. The van der Waals surface area contributed by atoms with Crippen LogP contribution in [0.4, 0.5) is 0 Å². The number of hydrogen-bond acceptors (Lipinski definition) is 6. The molecule has 2 aliphatic carbocycles. The fraction of sp³-hybridized carbons (Fsp3) is 0.875. The maximum Gasteiger partial charge on any atom is 0.302 e. The maximum absolute atomic E-state index is 9.82. The van der Waals surface area contributed by atoms with Crippen molar-refractivity contribution in [3.05, 3.63) is 0 Å². The summed E-state index contributed by atoms with van der Waals surface area (Å²) in [5.41, 5.74) is 0. The molecule has 0 unspecified atom stereocenters. The van der Waals surface area contributed by atoms with Gasteiger partial charge in [-0.05, 0) is 20.8 Å². The van der Waals surface area contributed by atoms with Gasteiger partial charge in [0.25, 0.3) is 0 Å². The summed E-state index contributed by atoms with van der Waals surface area (Å²) >= 11 is 0. The zero-order valence-corrected chi connectivity index (χ0v) is 20.6. The van der Waals surface area contributed by atoms with Crippen LogP contribution in [0, 0.1) is 0 Å². The van der Waals surface area contributed by atoms with Gasteiger partial charge in [-0.2, -0.15) is 0 Å². The number of carbonyl (C=O) groups excluding carboxylic acids is 3. The Morgan fingerprint density at radius 2 is 0.567 bits per heavy atom. The molecule has 0 amide bonds. The summed E-state index contributed by atoms with van der Waals surface area (Å²) in [5, 5.41) is 0. The van der Waals surface area contributed by atoms with E-state index in [1.54, 1.807) is 20.8 Å². The van der Waals surface area contributed by atoms with Crippen molar-refractivity contribution in [1.82, 2.24) is 0 Å². The highest BCUT2D eigenvalue weighted by molar-refractivity contribution is 5.66. The first kappa shape index (κ1) is 33.1. The van der Waals surface area contributed by atoms with Crippen molar-refractivity contribution in [2.24, 2.45) is 0 Å². The summed E-state index contributed by atoms with van der Waals surface area (Å²) in [6, 6.07) is 0. The summed E-state index contributed by atoms with van der Waals surface area (Å²) in [6.07, 6.45) is 18.0. The van der Waals surface area contributed by atoms with E-state index in [1.807, 2.05) is 0 Å². The molecule has 0 aromatic heterocycles. The van der Waals surface area contributed by atoms with Crippen LogP contribution in [0.2, 0.25) is 0 Å². The lowest BCUT2D eigenvalue weighted by atomic mass is 10.0. The molecule has 6 nitrogen and oxygen atoms in total. The lowest BCUT2D eigenvalue weighted by Crippen LogP contribution is -1.95. The van der Waals surface area contributed by atoms with E-state index in [4.69, 9.17) is 0 Å². The second kappa shape index (κ2) is 29.6. The number of ether oxygens (including phenoxy) is 3. The summed E-state index contributed by atoms with van der Waals surface area (Å²) in [5.74, 6) is -0.632. The van der Waals surface area contributed by atoms with Crippen molar-refractivity contribution in [3.8, 4) is 0 Å². The van der Waals surface area contributed by atoms with Gasteiger partial charge in [0.15, 0.2) is 0 Å². The molecule has 2 saturated carbocycles. The fourth-order valence-corrected chi connectivity index (χ4v) is 2.73. The largest absolute Gasteiger partial charge is 0.466 e. The summed E-state index contributed by atoms with van der Waals surface area (Å²) in [4.78, 5) is 29.5. The van der Waals surface area contributed by atoms with Crippen molar-refractivity contribution < 1.29 is 28.6 Å². The maximum atomic E-state index is 9.82. The van der Waals surface area contributed by atoms with E-state index < -0.39 is 0 Å². The van der Waals surface area contributed by atoms with Gasteiger partial charge < -0.3 is 14.2 Å². The second-order valence-corrected chi connectivity index (χ2v) is 7.02. The van der Waals surface area contributed by atoms with Gasteiger partial charge in [0.05, 0.1) is 19.8 Å². The zero-order chi connectivity index (χ0) is 23.5. The predicted molar refractivity (Wildman–Crippen MR) is 122 cm³/mol. The molecule has 0 heterocycles. The lowest BCUT2D eigenvalue weighted by molar-refractivity contribution is -0.141. The van der Waals surface area contributed by atoms with Crippen LogP contribution < -0.4 is 0 Å². The molecule has 2 fully saturated rings. The normalized spacial score (nSPS) is 14.2. The molecule has 0 radical (unpaired) electrons. The van der Waals surface area contributed by atoms with Crippen molar-refractivity contribution in [2.75, 3.05) is 19.8 Å². The van der Waals surface area contributed by atoms with Gasteiger partial charge in [0.2, 0.25) is 0 Å². The van der Waals surface area contributed by atoms with E-state index in [0.717, 1.165) is 0 Å². The molecule has 0 bridgehead atoms. The topological polar surface area (TPSA) is 78.9 Å². The minimum absolute atomic E-state index is 0.211. The van der Waals surface area contributed by atoms with Crippen LogP contribution in [0.3, 0.4) is 0 Å². The van der Waals surface area contributed by atoms with E-state index in [1.165, 1.54) is 97.8 Å². The van der Waals surface area contributed by atoms with Crippen LogP contribution in [-0.4, -0.2) is 37.7 Å². The molecular weight excluding hydrogens is 384 g/mol. The molecule has 0 aliphatic heterocycles. The van der Waals surface area contributed by atoms with Crippen LogP contribution in [-0.2, 0) is 28.6 Å². The first-order valence-electron chi connectivity index (χ1n) is 11.7. The average molecular weight is 433 g/mol. The van der Waals surface area contributed by atoms with Crippen LogP contribution in [0.25, 0.3) is 0 Å². The molecule has 6 heteroatoms. The summed E-state index contributed by atoms with van der Waals surface area (Å²) < 4.78 is 13.2. The molecule has 0 N–H and O–H groups in total. The second-order valence-electron chi connectivity index (χ2n) is 7.02. The highest BCUT2D eigenvalue weighted by Crippen LogP contribution is 2.15. The van der Waals surface area contributed by atoms with E-state index in [-0.39, 0.29) is 17.9 Å². The first-order chi connectivity index (χ1) is 14.3. The summed E-state index contributed by atoms with van der Waals surface area (Å²) in [6.45, 7) is 11.0. The van der Waals surface area contributed by atoms with E-state index in [9.17, 15) is 14.4 Å². The molecule has 180 valence electrons. The predicted octanol–water partition coefficient (Wildman–Crippen LogP) is 6.39. The quantitative estimate of drug-likeness (QED) is 0.380. The molecule has 2 rings (SSSR count). The molecule has 0 aromatic carbocycles. The SMILES string of the molecule is C1CCCCC1.C1CCCCC1.CCOC(C)=O.CCOC(C)=O.CCOC(C)=O. The van der Waals surface area contributed by atoms with E-state index in [2.05, 4.69) is 14.2 Å². The molecule has 30 heavy (non-hydrogen) atoms. The monoisotopic (exact) mass is 432 g/mol. The Hall–Kier alpha value is -1.59. The molecule has 0 spiro atoms. The number of carbonyl (C=O) groups is 3. The van der Waals surface area contributed by atoms with Crippen molar-refractivity contribution in [3.63, 3.8) is 0 Å². The van der Waals surface area contributed by atoms with Gasteiger partial charge in [-0.1, -0.05) is 77.0 Å². The van der Waals surface area contributed by atoms with Crippen molar-refractivity contribution in [1.29, 1.82) is 0 Å². The fourth-order valence-electron chi connectivity index (χ4n) is 2.73. The smallest absolute Gasteiger partial charge is 0.302 e. The number of hydrogen-bond donors (Lipinski definition) is 0. The number of esters is 3. The Morgan fingerprint density at radius 3 is 0.600 bits per heavy atom.